The number of aliphatic hydroxyl groups excluding tert-OH is 1. The van der Waals surface area contributed by atoms with Crippen molar-refractivity contribution < 1.29 is 20.1 Å². The standard InChI is InChI=1S/C29H29N5O5/c1-33-12-11-29(39,24(35)16-33)19-6-8-20(9-7-19)31-28-30-14-22-25(36)23(27(37)38)15-34(26(22)32-28)21-10-5-17-3-2-4-18(17)13-21/h5-10,13-15,24,35,39H,2-4,11-12,16H2,1H3,(H,37,38)(H,30,31,32)/t24-,29-/m1/s1. The Labute approximate surface area is 224 Å². The molecule has 39 heavy (non-hydrogen) atoms. The Balaban J connectivity index is 1.36. The molecule has 0 amide bonds. The quantitative estimate of drug-likeness (QED) is 0.308. The van der Waals surface area contributed by atoms with Gasteiger partial charge in [0.05, 0.1) is 11.5 Å². The Morgan fingerprint density at radius 1 is 1.13 bits per heavy atom. The number of carbonyl (C=O) groups is 1. The van der Waals surface area contributed by atoms with E-state index < -0.39 is 23.1 Å². The number of carboxylic acid groups (broad SMARTS) is 1. The molecule has 2 aromatic heterocycles. The maximum Gasteiger partial charge on any atom is 0.341 e. The third-order valence-electron chi connectivity index (χ3n) is 7.89. The van der Waals surface area contributed by atoms with Gasteiger partial charge >= 0.3 is 5.97 Å². The van der Waals surface area contributed by atoms with Crippen molar-refractivity contribution in [3.05, 3.63) is 87.3 Å². The van der Waals surface area contributed by atoms with Gasteiger partial charge < -0.3 is 30.1 Å². The average Bonchev–Trinajstić information content (AvgIpc) is 3.39. The summed E-state index contributed by atoms with van der Waals surface area (Å²) < 4.78 is 1.63. The molecule has 0 bridgehead atoms. The summed E-state index contributed by atoms with van der Waals surface area (Å²) in [7, 11) is 1.91. The minimum atomic E-state index is -1.32. The Morgan fingerprint density at radius 2 is 1.90 bits per heavy atom. The van der Waals surface area contributed by atoms with Gasteiger partial charge in [-0.05, 0) is 73.7 Å². The van der Waals surface area contributed by atoms with Gasteiger partial charge in [-0.2, -0.15) is 4.98 Å². The summed E-state index contributed by atoms with van der Waals surface area (Å²) in [5.74, 6) is -1.08. The SMILES string of the molecule is CN1CC[C@@](O)(c2ccc(Nc3ncc4c(=O)c(C(=O)O)cn(-c5ccc6c(c5)CCC6)c4n3)cc2)[C@H](O)C1. The molecule has 1 aliphatic carbocycles. The average molecular weight is 528 g/mol. The van der Waals surface area contributed by atoms with E-state index in [0.717, 1.165) is 24.9 Å². The number of anilines is 2. The van der Waals surface area contributed by atoms with Gasteiger partial charge in [0.25, 0.3) is 0 Å². The second-order valence-corrected chi connectivity index (χ2v) is 10.4. The minimum Gasteiger partial charge on any atom is -0.477 e. The molecule has 2 aliphatic rings. The molecule has 1 saturated heterocycles. The number of likely N-dealkylation sites (tertiary alicyclic amines) is 1. The van der Waals surface area contributed by atoms with Crippen LogP contribution in [-0.2, 0) is 18.4 Å². The van der Waals surface area contributed by atoms with E-state index in [1.807, 2.05) is 30.1 Å². The van der Waals surface area contributed by atoms with Crippen molar-refractivity contribution in [3.63, 3.8) is 0 Å². The molecule has 2 atom stereocenters. The van der Waals surface area contributed by atoms with Crippen LogP contribution in [-0.4, -0.2) is 67.0 Å². The monoisotopic (exact) mass is 527 g/mol. The van der Waals surface area contributed by atoms with Crippen LogP contribution in [0, 0.1) is 0 Å². The number of nitrogens with zero attached hydrogens (tertiary/aromatic N) is 4. The van der Waals surface area contributed by atoms with Crippen molar-refractivity contribution in [3.8, 4) is 5.69 Å². The Bertz CT molecular complexity index is 1650. The van der Waals surface area contributed by atoms with Crippen molar-refractivity contribution >= 4 is 28.6 Å². The molecule has 1 fully saturated rings. The topological polar surface area (TPSA) is 141 Å². The summed E-state index contributed by atoms with van der Waals surface area (Å²) in [4.78, 5) is 35.6. The highest BCUT2D eigenvalue weighted by Crippen LogP contribution is 2.34. The van der Waals surface area contributed by atoms with E-state index >= 15 is 0 Å². The van der Waals surface area contributed by atoms with Gasteiger partial charge in [-0.25, -0.2) is 9.78 Å². The van der Waals surface area contributed by atoms with E-state index in [0.29, 0.717) is 36.4 Å². The van der Waals surface area contributed by atoms with Crippen molar-refractivity contribution in [2.45, 2.75) is 37.4 Å². The molecule has 200 valence electrons. The highest BCUT2D eigenvalue weighted by Gasteiger charge is 2.41. The van der Waals surface area contributed by atoms with Crippen LogP contribution in [0.2, 0.25) is 0 Å². The zero-order valence-electron chi connectivity index (χ0n) is 21.5. The molecular formula is C29H29N5O5. The van der Waals surface area contributed by atoms with Gasteiger partial charge in [0, 0.05) is 36.9 Å². The number of aromatic nitrogens is 3. The highest BCUT2D eigenvalue weighted by atomic mass is 16.4. The van der Waals surface area contributed by atoms with Gasteiger partial charge in [-0.1, -0.05) is 18.2 Å². The number of hydrogen-bond acceptors (Lipinski definition) is 8. The molecule has 0 saturated carbocycles. The first-order valence-electron chi connectivity index (χ1n) is 13.0. The van der Waals surface area contributed by atoms with Gasteiger partial charge in [-0.3, -0.25) is 4.79 Å². The lowest BCUT2D eigenvalue weighted by atomic mass is 9.82. The van der Waals surface area contributed by atoms with E-state index in [-0.39, 0.29) is 16.9 Å². The molecule has 6 rings (SSSR count). The summed E-state index contributed by atoms with van der Waals surface area (Å²) in [6.07, 6.45) is 5.23. The Kier molecular flexibility index (Phi) is 6.17. The molecule has 4 N–H and O–H groups in total. The van der Waals surface area contributed by atoms with Crippen molar-refractivity contribution in [2.24, 2.45) is 0 Å². The zero-order chi connectivity index (χ0) is 27.3. The third-order valence-corrected chi connectivity index (χ3v) is 7.89. The second kappa shape index (κ2) is 9.57. The van der Waals surface area contributed by atoms with Crippen LogP contribution < -0.4 is 10.7 Å². The molecule has 2 aromatic carbocycles. The van der Waals surface area contributed by atoms with Gasteiger partial charge in [0.2, 0.25) is 11.4 Å². The highest BCUT2D eigenvalue weighted by molar-refractivity contribution is 5.92. The molecule has 1 aliphatic heterocycles. The summed E-state index contributed by atoms with van der Waals surface area (Å²) in [6, 6.07) is 13.0. The first-order valence-corrected chi connectivity index (χ1v) is 13.0. The number of aromatic carboxylic acids is 1. The van der Waals surface area contributed by atoms with Crippen LogP contribution in [0.15, 0.2) is 59.7 Å². The first kappa shape index (κ1) is 25.2. The number of likely N-dealkylation sites (N-methyl/N-ethyl adjacent to an activating group) is 1. The van der Waals surface area contributed by atoms with Crippen LogP contribution in [0.25, 0.3) is 16.7 Å². The number of piperidine rings is 1. The largest absolute Gasteiger partial charge is 0.477 e. The van der Waals surface area contributed by atoms with Crippen LogP contribution in [0.4, 0.5) is 11.6 Å². The van der Waals surface area contributed by atoms with Crippen molar-refractivity contribution in [2.75, 3.05) is 25.5 Å². The number of benzene rings is 2. The number of fused-ring (bicyclic) bond motifs is 2. The predicted molar refractivity (Wildman–Crippen MR) is 146 cm³/mol. The Morgan fingerprint density at radius 3 is 2.64 bits per heavy atom. The minimum absolute atomic E-state index is 0.106. The first-order chi connectivity index (χ1) is 18.7. The normalized spacial score (nSPS) is 21.2. The van der Waals surface area contributed by atoms with Gasteiger partial charge in [0.1, 0.15) is 11.2 Å². The summed E-state index contributed by atoms with van der Waals surface area (Å²) in [5, 5.41) is 34.5. The number of nitrogens with one attached hydrogen (secondary N) is 1. The van der Waals surface area contributed by atoms with E-state index in [9.17, 15) is 24.9 Å². The van der Waals surface area contributed by atoms with Crippen molar-refractivity contribution in [1.82, 2.24) is 19.4 Å². The second-order valence-electron chi connectivity index (χ2n) is 10.4. The Hall–Kier alpha value is -4.12. The summed E-state index contributed by atoms with van der Waals surface area (Å²) >= 11 is 0. The van der Waals surface area contributed by atoms with E-state index in [2.05, 4.69) is 15.3 Å². The maximum atomic E-state index is 12.9. The molecule has 10 nitrogen and oxygen atoms in total. The van der Waals surface area contributed by atoms with Crippen molar-refractivity contribution in [1.29, 1.82) is 0 Å². The fraction of sp³-hybridized carbons (Fsp3) is 0.310. The summed E-state index contributed by atoms with van der Waals surface area (Å²) in [5.41, 5.74) is 2.46. The number of aryl methyl sites for hydroxylation is 2. The zero-order valence-corrected chi connectivity index (χ0v) is 21.5. The third kappa shape index (κ3) is 4.46. The summed E-state index contributed by atoms with van der Waals surface area (Å²) in [6.45, 7) is 1.06. The van der Waals surface area contributed by atoms with Gasteiger partial charge in [0.15, 0.2) is 5.65 Å². The molecule has 3 heterocycles. The number of rotatable bonds is 5. The lowest BCUT2D eigenvalue weighted by Crippen LogP contribution is -2.52. The van der Waals surface area contributed by atoms with E-state index in [1.54, 1.807) is 28.8 Å². The lowest BCUT2D eigenvalue weighted by molar-refractivity contribution is -0.120. The maximum absolute atomic E-state index is 12.9. The fourth-order valence-electron chi connectivity index (χ4n) is 5.60. The predicted octanol–water partition coefficient (Wildman–Crippen LogP) is 2.60. The lowest BCUT2D eigenvalue weighted by Gasteiger charge is -2.41. The van der Waals surface area contributed by atoms with Crippen LogP contribution in [0.3, 0.4) is 0 Å². The molecule has 4 aromatic rings. The van der Waals surface area contributed by atoms with E-state index in [1.165, 1.54) is 23.5 Å². The smallest absolute Gasteiger partial charge is 0.341 e. The number of carboxylic acids is 1. The number of hydrogen-bond donors (Lipinski definition) is 4. The number of pyridine rings is 1. The molecular weight excluding hydrogens is 498 g/mol. The van der Waals surface area contributed by atoms with Gasteiger partial charge in [-0.15, -0.1) is 0 Å². The number of β-amino-alcohol motifs (C(OH)–C–C–N with tert-alkyl or cyclic N) is 1. The molecule has 0 spiro atoms. The molecule has 0 radical (unpaired) electrons. The molecule has 0 unspecified atom stereocenters. The fourth-order valence-corrected chi connectivity index (χ4v) is 5.60. The van der Waals surface area contributed by atoms with E-state index in [4.69, 9.17) is 0 Å². The number of aliphatic hydroxyl groups is 2. The van der Waals surface area contributed by atoms with Crippen LogP contribution in [0.1, 0.15) is 39.9 Å². The molecule has 10 heteroatoms. The van der Waals surface area contributed by atoms with Crippen LogP contribution in [0.5, 0.6) is 0 Å². The van der Waals surface area contributed by atoms with Crippen LogP contribution >= 0.6 is 0 Å².